The Morgan fingerprint density at radius 3 is 2.50 bits per heavy atom. The van der Waals surface area contributed by atoms with Gasteiger partial charge < -0.3 is 0 Å². The SMILES string of the molecule is CC(=O)N(C)c1ccc(C)nn1. The fraction of sp³-hybridized carbons (Fsp3) is 0.375. The van der Waals surface area contributed by atoms with Gasteiger partial charge in [0.05, 0.1) is 5.69 Å². The van der Waals surface area contributed by atoms with Gasteiger partial charge in [-0.3, -0.25) is 9.69 Å². The normalized spacial score (nSPS) is 9.58. The Hall–Kier alpha value is -1.45. The Bertz CT molecular complexity index is 281. The van der Waals surface area contributed by atoms with E-state index in [1.165, 1.54) is 11.8 Å². The number of carbonyl (C=O) groups is 1. The quantitative estimate of drug-likeness (QED) is 0.617. The first-order chi connectivity index (χ1) is 5.61. The van der Waals surface area contributed by atoms with Gasteiger partial charge in [0.25, 0.3) is 0 Å². The third kappa shape index (κ3) is 1.78. The van der Waals surface area contributed by atoms with Crippen LogP contribution in [0.3, 0.4) is 0 Å². The van der Waals surface area contributed by atoms with E-state index in [0.717, 1.165) is 5.69 Å². The highest BCUT2D eigenvalue weighted by molar-refractivity contribution is 5.89. The molecular formula is C8H11N3O. The Kier molecular flexibility index (Phi) is 2.38. The predicted molar refractivity (Wildman–Crippen MR) is 45.9 cm³/mol. The van der Waals surface area contributed by atoms with Crippen molar-refractivity contribution in [1.29, 1.82) is 0 Å². The molecule has 1 aromatic rings. The standard InChI is InChI=1S/C8H11N3O/c1-6-4-5-8(10-9-6)11(3)7(2)12/h4-5H,1-3H3. The second-order valence-corrected chi connectivity index (χ2v) is 2.61. The molecule has 0 aliphatic carbocycles. The number of hydrogen-bond acceptors (Lipinski definition) is 3. The van der Waals surface area contributed by atoms with E-state index in [2.05, 4.69) is 10.2 Å². The van der Waals surface area contributed by atoms with Crippen LogP contribution in [0.25, 0.3) is 0 Å². The van der Waals surface area contributed by atoms with Gasteiger partial charge in [0.2, 0.25) is 5.91 Å². The largest absolute Gasteiger partial charge is 0.299 e. The zero-order valence-corrected chi connectivity index (χ0v) is 7.40. The molecule has 0 saturated carbocycles. The molecule has 0 radical (unpaired) electrons. The van der Waals surface area contributed by atoms with Gasteiger partial charge in [-0.15, -0.1) is 5.10 Å². The van der Waals surface area contributed by atoms with Gasteiger partial charge in [-0.05, 0) is 19.1 Å². The van der Waals surface area contributed by atoms with E-state index in [-0.39, 0.29) is 5.91 Å². The highest BCUT2D eigenvalue weighted by atomic mass is 16.2. The number of nitrogens with zero attached hydrogens (tertiary/aromatic N) is 3. The summed E-state index contributed by atoms with van der Waals surface area (Å²) in [7, 11) is 1.67. The fourth-order valence-corrected chi connectivity index (χ4v) is 0.732. The lowest BCUT2D eigenvalue weighted by atomic mass is 10.4. The Labute approximate surface area is 71.2 Å². The highest BCUT2D eigenvalue weighted by Gasteiger charge is 2.05. The van der Waals surface area contributed by atoms with Crippen LogP contribution in [0.4, 0.5) is 5.82 Å². The molecule has 64 valence electrons. The van der Waals surface area contributed by atoms with Crippen LogP contribution >= 0.6 is 0 Å². The molecule has 0 atom stereocenters. The number of rotatable bonds is 1. The molecule has 0 fully saturated rings. The van der Waals surface area contributed by atoms with Gasteiger partial charge in [0, 0.05) is 14.0 Å². The zero-order valence-electron chi connectivity index (χ0n) is 7.40. The number of aryl methyl sites for hydroxylation is 1. The minimum Gasteiger partial charge on any atom is -0.299 e. The van der Waals surface area contributed by atoms with Crippen LogP contribution in [-0.4, -0.2) is 23.2 Å². The highest BCUT2D eigenvalue weighted by Crippen LogP contribution is 2.06. The summed E-state index contributed by atoms with van der Waals surface area (Å²) in [5, 5.41) is 7.69. The second kappa shape index (κ2) is 3.30. The van der Waals surface area contributed by atoms with Crippen LogP contribution < -0.4 is 4.90 Å². The van der Waals surface area contributed by atoms with Crippen LogP contribution in [0.1, 0.15) is 12.6 Å². The second-order valence-electron chi connectivity index (χ2n) is 2.61. The summed E-state index contributed by atoms with van der Waals surface area (Å²) >= 11 is 0. The third-order valence-electron chi connectivity index (χ3n) is 1.60. The summed E-state index contributed by atoms with van der Waals surface area (Å²) in [6.45, 7) is 3.34. The Balaban J connectivity index is 2.89. The maximum absolute atomic E-state index is 10.9. The molecule has 1 aromatic heterocycles. The summed E-state index contributed by atoms with van der Waals surface area (Å²) in [5.41, 5.74) is 0.843. The number of amides is 1. The molecule has 4 nitrogen and oxygen atoms in total. The van der Waals surface area contributed by atoms with E-state index in [1.807, 2.05) is 13.0 Å². The van der Waals surface area contributed by atoms with E-state index in [0.29, 0.717) is 5.82 Å². The summed E-state index contributed by atoms with van der Waals surface area (Å²) in [6, 6.07) is 3.59. The maximum Gasteiger partial charge on any atom is 0.224 e. The first-order valence-corrected chi connectivity index (χ1v) is 3.66. The topological polar surface area (TPSA) is 46.1 Å². The van der Waals surface area contributed by atoms with Crippen molar-refractivity contribution in [3.63, 3.8) is 0 Å². The molecule has 1 amide bonds. The molecule has 0 N–H and O–H groups in total. The van der Waals surface area contributed by atoms with Crippen molar-refractivity contribution in [1.82, 2.24) is 10.2 Å². The summed E-state index contributed by atoms with van der Waals surface area (Å²) in [5.74, 6) is 0.529. The van der Waals surface area contributed by atoms with Crippen molar-refractivity contribution in [2.75, 3.05) is 11.9 Å². The Morgan fingerprint density at radius 2 is 2.08 bits per heavy atom. The van der Waals surface area contributed by atoms with Crippen molar-refractivity contribution in [3.05, 3.63) is 17.8 Å². The summed E-state index contributed by atoms with van der Waals surface area (Å²) in [6.07, 6.45) is 0. The smallest absolute Gasteiger partial charge is 0.224 e. The lowest BCUT2D eigenvalue weighted by Crippen LogP contribution is -2.24. The fourth-order valence-electron chi connectivity index (χ4n) is 0.732. The molecule has 12 heavy (non-hydrogen) atoms. The third-order valence-corrected chi connectivity index (χ3v) is 1.60. The van der Waals surface area contributed by atoms with Crippen molar-refractivity contribution < 1.29 is 4.79 Å². The molecule has 0 saturated heterocycles. The summed E-state index contributed by atoms with van der Waals surface area (Å²) < 4.78 is 0. The van der Waals surface area contributed by atoms with Crippen LogP contribution in [0.2, 0.25) is 0 Å². The Morgan fingerprint density at radius 1 is 1.42 bits per heavy atom. The molecule has 0 aromatic carbocycles. The van der Waals surface area contributed by atoms with Gasteiger partial charge in [0.15, 0.2) is 5.82 Å². The molecule has 0 aliphatic rings. The van der Waals surface area contributed by atoms with Crippen LogP contribution in [-0.2, 0) is 4.79 Å². The first kappa shape index (κ1) is 8.64. The zero-order chi connectivity index (χ0) is 9.14. The molecule has 1 heterocycles. The van der Waals surface area contributed by atoms with Gasteiger partial charge in [-0.1, -0.05) is 0 Å². The molecule has 0 bridgehead atoms. The van der Waals surface area contributed by atoms with Crippen molar-refractivity contribution in [3.8, 4) is 0 Å². The van der Waals surface area contributed by atoms with Gasteiger partial charge in [-0.2, -0.15) is 5.10 Å². The molecule has 0 unspecified atom stereocenters. The van der Waals surface area contributed by atoms with E-state index < -0.39 is 0 Å². The van der Waals surface area contributed by atoms with Gasteiger partial charge >= 0.3 is 0 Å². The lowest BCUT2D eigenvalue weighted by molar-refractivity contribution is -0.116. The number of carbonyl (C=O) groups excluding carboxylic acids is 1. The molecular weight excluding hydrogens is 154 g/mol. The van der Waals surface area contributed by atoms with E-state index in [9.17, 15) is 4.79 Å². The minimum absolute atomic E-state index is 0.0480. The maximum atomic E-state index is 10.9. The van der Waals surface area contributed by atoms with E-state index in [1.54, 1.807) is 13.1 Å². The van der Waals surface area contributed by atoms with E-state index in [4.69, 9.17) is 0 Å². The molecule has 1 rings (SSSR count). The van der Waals surface area contributed by atoms with Gasteiger partial charge in [0.1, 0.15) is 0 Å². The van der Waals surface area contributed by atoms with E-state index >= 15 is 0 Å². The first-order valence-electron chi connectivity index (χ1n) is 3.66. The molecule has 0 aliphatic heterocycles. The lowest BCUT2D eigenvalue weighted by Gasteiger charge is -2.11. The number of hydrogen-bond donors (Lipinski definition) is 0. The average molecular weight is 165 g/mol. The van der Waals surface area contributed by atoms with Crippen LogP contribution in [0, 0.1) is 6.92 Å². The molecule has 4 heteroatoms. The van der Waals surface area contributed by atoms with Crippen LogP contribution in [0.15, 0.2) is 12.1 Å². The monoisotopic (exact) mass is 165 g/mol. The van der Waals surface area contributed by atoms with Crippen molar-refractivity contribution >= 4 is 11.7 Å². The van der Waals surface area contributed by atoms with Crippen molar-refractivity contribution in [2.24, 2.45) is 0 Å². The number of anilines is 1. The average Bonchev–Trinajstić information content (AvgIpc) is 2.04. The predicted octanol–water partition coefficient (Wildman–Crippen LogP) is 0.768. The van der Waals surface area contributed by atoms with Gasteiger partial charge in [-0.25, -0.2) is 0 Å². The summed E-state index contributed by atoms with van der Waals surface area (Å²) in [4.78, 5) is 12.3. The number of aromatic nitrogens is 2. The minimum atomic E-state index is -0.0480. The molecule has 0 spiro atoms. The van der Waals surface area contributed by atoms with Crippen molar-refractivity contribution in [2.45, 2.75) is 13.8 Å². The van der Waals surface area contributed by atoms with Crippen LogP contribution in [0.5, 0.6) is 0 Å².